The van der Waals surface area contributed by atoms with E-state index >= 15 is 0 Å². The number of aliphatic hydroxyl groups excluding tert-OH is 1. The van der Waals surface area contributed by atoms with E-state index in [9.17, 15) is 9.90 Å². The second-order valence-corrected chi connectivity index (χ2v) is 6.31. The van der Waals surface area contributed by atoms with E-state index in [1.54, 1.807) is 11.0 Å². The van der Waals surface area contributed by atoms with Crippen molar-refractivity contribution in [3.8, 4) is 11.3 Å². The molecule has 23 heavy (non-hydrogen) atoms. The zero-order valence-electron chi connectivity index (χ0n) is 13.5. The normalized spacial score (nSPS) is 21.4. The Kier molecular flexibility index (Phi) is 4.48. The van der Waals surface area contributed by atoms with Crippen LogP contribution in [0, 0.1) is 12.8 Å². The molecule has 5 heteroatoms. The van der Waals surface area contributed by atoms with Gasteiger partial charge in [-0.05, 0) is 25.7 Å². The molecule has 1 aliphatic heterocycles. The molecule has 0 aliphatic carbocycles. The molecule has 2 heterocycles. The fraction of sp³-hybridized carbons (Fsp3) is 0.444. The maximum atomic E-state index is 12.7. The molecule has 0 bridgehead atoms. The summed E-state index contributed by atoms with van der Waals surface area (Å²) in [6, 6.07) is 9.45. The number of carbonyl (C=O) groups excluding carboxylic acids is 1. The summed E-state index contributed by atoms with van der Waals surface area (Å²) < 4.78 is 5.27. The fourth-order valence-corrected chi connectivity index (χ4v) is 3.16. The number of likely N-dealkylation sites (tertiary alicyclic amines) is 1. The zero-order chi connectivity index (χ0) is 16.4. The predicted octanol–water partition coefficient (Wildman–Crippen LogP) is 2.88. The summed E-state index contributed by atoms with van der Waals surface area (Å²) in [4.78, 5) is 14.4. The van der Waals surface area contributed by atoms with E-state index < -0.39 is 0 Å². The smallest absolute Gasteiger partial charge is 0.292 e. The van der Waals surface area contributed by atoms with Crippen LogP contribution in [0.15, 0.2) is 34.9 Å². The highest BCUT2D eigenvalue weighted by Crippen LogP contribution is 2.26. The van der Waals surface area contributed by atoms with Crippen molar-refractivity contribution in [2.45, 2.75) is 32.7 Å². The molecule has 0 saturated carbocycles. The summed E-state index contributed by atoms with van der Waals surface area (Å²) in [5.41, 5.74) is 2.74. The number of aliphatic hydroxyl groups is 1. The van der Waals surface area contributed by atoms with Crippen molar-refractivity contribution in [2.75, 3.05) is 13.2 Å². The van der Waals surface area contributed by atoms with Gasteiger partial charge in [-0.1, -0.05) is 41.9 Å². The van der Waals surface area contributed by atoms with Crippen LogP contribution in [0.4, 0.5) is 0 Å². The van der Waals surface area contributed by atoms with Gasteiger partial charge in [0, 0.05) is 18.2 Å². The first-order valence-electron chi connectivity index (χ1n) is 8.05. The van der Waals surface area contributed by atoms with Crippen LogP contribution in [-0.4, -0.2) is 40.3 Å². The quantitative estimate of drug-likeness (QED) is 0.946. The van der Waals surface area contributed by atoms with Gasteiger partial charge in [-0.2, -0.15) is 0 Å². The van der Waals surface area contributed by atoms with Crippen molar-refractivity contribution in [3.05, 3.63) is 41.7 Å². The molecule has 2 aromatic rings. The molecular weight excluding hydrogens is 292 g/mol. The van der Waals surface area contributed by atoms with Crippen molar-refractivity contribution in [1.82, 2.24) is 10.1 Å². The van der Waals surface area contributed by atoms with Gasteiger partial charge in [0.2, 0.25) is 5.76 Å². The number of aromatic nitrogens is 1. The Morgan fingerprint density at radius 3 is 2.83 bits per heavy atom. The number of rotatable bonds is 3. The van der Waals surface area contributed by atoms with Gasteiger partial charge in [0.05, 0.1) is 12.6 Å². The summed E-state index contributed by atoms with van der Waals surface area (Å²) in [5.74, 6) is 0.326. The number of carbonyl (C=O) groups is 1. The number of hydrogen-bond donors (Lipinski definition) is 1. The van der Waals surface area contributed by atoms with Crippen LogP contribution in [0.1, 0.15) is 35.9 Å². The van der Waals surface area contributed by atoms with Crippen LogP contribution in [0.5, 0.6) is 0 Å². The lowest BCUT2D eigenvalue weighted by Crippen LogP contribution is -2.49. The van der Waals surface area contributed by atoms with Crippen molar-refractivity contribution in [1.29, 1.82) is 0 Å². The van der Waals surface area contributed by atoms with Crippen molar-refractivity contribution in [2.24, 2.45) is 5.92 Å². The average Bonchev–Trinajstić information content (AvgIpc) is 3.04. The van der Waals surface area contributed by atoms with Gasteiger partial charge >= 0.3 is 0 Å². The SMILES string of the molecule is Cc1ccc(-c2cc(C(=O)N3CCCC(C)C3CO)on2)cc1. The van der Waals surface area contributed by atoms with E-state index in [1.165, 1.54) is 5.56 Å². The van der Waals surface area contributed by atoms with E-state index in [0.717, 1.165) is 18.4 Å². The van der Waals surface area contributed by atoms with E-state index in [2.05, 4.69) is 12.1 Å². The van der Waals surface area contributed by atoms with E-state index in [4.69, 9.17) is 4.52 Å². The van der Waals surface area contributed by atoms with Crippen molar-refractivity contribution in [3.63, 3.8) is 0 Å². The minimum atomic E-state index is -0.193. The third kappa shape index (κ3) is 3.15. The number of hydrogen-bond acceptors (Lipinski definition) is 4. The topological polar surface area (TPSA) is 66.6 Å². The molecule has 0 radical (unpaired) electrons. The molecule has 1 fully saturated rings. The number of benzene rings is 1. The van der Waals surface area contributed by atoms with Crippen LogP contribution in [0.3, 0.4) is 0 Å². The molecule has 2 atom stereocenters. The first-order valence-corrected chi connectivity index (χ1v) is 8.05. The lowest BCUT2D eigenvalue weighted by Gasteiger charge is -2.38. The monoisotopic (exact) mass is 314 g/mol. The van der Waals surface area contributed by atoms with Gasteiger partial charge in [0.25, 0.3) is 5.91 Å². The highest BCUT2D eigenvalue weighted by molar-refractivity contribution is 5.92. The highest BCUT2D eigenvalue weighted by Gasteiger charge is 2.33. The van der Waals surface area contributed by atoms with Crippen molar-refractivity contribution < 1.29 is 14.4 Å². The molecule has 0 spiro atoms. The maximum absolute atomic E-state index is 12.7. The Labute approximate surface area is 135 Å². The lowest BCUT2D eigenvalue weighted by atomic mass is 9.91. The molecular formula is C18H22N2O3. The third-order valence-electron chi connectivity index (χ3n) is 4.63. The zero-order valence-corrected chi connectivity index (χ0v) is 13.5. The van der Waals surface area contributed by atoms with Crippen LogP contribution >= 0.6 is 0 Å². The van der Waals surface area contributed by atoms with Gasteiger partial charge in [-0.3, -0.25) is 4.79 Å². The molecule has 122 valence electrons. The first kappa shape index (κ1) is 15.7. The molecule has 5 nitrogen and oxygen atoms in total. The molecule has 1 N–H and O–H groups in total. The summed E-state index contributed by atoms with van der Waals surface area (Å²) >= 11 is 0. The van der Waals surface area contributed by atoms with E-state index in [1.807, 2.05) is 31.2 Å². The van der Waals surface area contributed by atoms with Gasteiger partial charge in [0.15, 0.2) is 0 Å². The Morgan fingerprint density at radius 1 is 1.39 bits per heavy atom. The summed E-state index contributed by atoms with van der Waals surface area (Å²) in [6.07, 6.45) is 1.97. The van der Waals surface area contributed by atoms with Crippen LogP contribution in [0.25, 0.3) is 11.3 Å². The lowest BCUT2D eigenvalue weighted by molar-refractivity contribution is 0.0324. The fourth-order valence-electron chi connectivity index (χ4n) is 3.16. The van der Waals surface area contributed by atoms with Crippen molar-refractivity contribution >= 4 is 5.91 Å². The standard InChI is InChI=1S/C18H22N2O3/c1-12-5-7-14(8-6-12)15-10-17(23-19-15)18(22)20-9-3-4-13(2)16(20)11-21/h5-8,10,13,16,21H,3-4,9,11H2,1-2H3. The summed E-state index contributed by atoms with van der Waals surface area (Å²) in [5, 5.41) is 13.6. The second-order valence-electron chi connectivity index (χ2n) is 6.31. The minimum absolute atomic E-state index is 0.0220. The summed E-state index contributed by atoms with van der Waals surface area (Å²) in [6.45, 7) is 4.72. The summed E-state index contributed by atoms with van der Waals surface area (Å²) in [7, 11) is 0. The molecule has 1 aromatic carbocycles. The number of piperidine rings is 1. The van der Waals surface area contributed by atoms with Gasteiger partial charge in [-0.15, -0.1) is 0 Å². The van der Waals surface area contributed by atoms with Gasteiger partial charge in [-0.25, -0.2) is 0 Å². The Balaban J connectivity index is 1.82. The highest BCUT2D eigenvalue weighted by atomic mass is 16.5. The molecule has 1 amide bonds. The predicted molar refractivity (Wildman–Crippen MR) is 87.0 cm³/mol. The number of aryl methyl sites for hydroxylation is 1. The molecule has 2 unspecified atom stereocenters. The first-order chi connectivity index (χ1) is 11.1. The van der Waals surface area contributed by atoms with Gasteiger partial charge < -0.3 is 14.5 Å². The van der Waals surface area contributed by atoms with Crippen LogP contribution in [0.2, 0.25) is 0 Å². The Bertz CT molecular complexity index is 678. The largest absolute Gasteiger partial charge is 0.394 e. The molecule has 1 saturated heterocycles. The Morgan fingerprint density at radius 2 is 2.13 bits per heavy atom. The maximum Gasteiger partial charge on any atom is 0.292 e. The molecule has 3 rings (SSSR count). The van der Waals surface area contributed by atoms with E-state index in [-0.39, 0.29) is 30.2 Å². The van der Waals surface area contributed by atoms with Crippen LogP contribution < -0.4 is 0 Å². The van der Waals surface area contributed by atoms with Gasteiger partial charge in [0.1, 0.15) is 5.69 Å². The minimum Gasteiger partial charge on any atom is -0.394 e. The third-order valence-corrected chi connectivity index (χ3v) is 4.63. The Hall–Kier alpha value is -2.14. The average molecular weight is 314 g/mol. The molecule has 1 aliphatic rings. The number of nitrogens with zero attached hydrogens (tertiary/aromatic N) is 2. The van der Waals surface area contributed by atoms with E-state index in [0.29, 0.717) is 12.2 Å². The number of amides is 1. The molecule has 1 aromatic heterocycles. The van der Waals surface area contributed by atoms with Crippen LogP contribution in [-0.2, 0) is 0 Å². The second kappa shape index (κ2) is 6.54.